The normalized spacial score (nSPS) is 10.2. The van der Waals surface area contributed by atoms with Crippen LogP contribution in [-0.2, 0) is 4.79 Å². The molecule has 0 bridgehead atoms. The molecule has 1 N–H and O–H groups in total. The number of hydrogen-bond donors (Lipinski definition) is 1. The predicted octanol–water partition coefficient (Wildman–Crippen LogP) is 1.50. The van der Waals surface area contributed by atoms with Gasteiger partial charge in [-0.1, -0.05) is 12.1 Å². The van der Waals surface area contributed by atoms with E-state index in [1.807, 2.05) is 6.07 Å². The van der Waals surface area contributed by atoms with Gasteiger partial charge in [0, 0.05) is 18.5 Å². The first kappa shape index (κ1) is 11.1. The summed E-state index contributed by atoms with van der Waals surface area (Å²) in [6.07, 6.45) is 7.58. The summed E-state index contributed by atoms with van der Waals surface area (Å²) in [5.74, 6) is -0.487. The highest BCUT2D eigenvalue weighted by atomic mass is 16.5. The van der Waals surface area contributed by atoms with Gasteiger partial charge in [0.15, 0.2) is 0 Å². The van der Waals surface area contributed by atoms with Gasteiger partial charge in [-0.25, -0.2) is 5.06 Å². The van der Waals surface area contributed by atoms with Crippen LogP contribution in [0.2, 0.25) is 0 Å². The standard InChI is InChI=1S/C11H12N2O2/c1-2-8-13(15)11(14)6-5-10-4-3-7-12-9-10/h2-7,9,15H,1,8H2/b6-5+. The van der Waals surface area contributed by atoms with Crippen molar-refractivity contribution >= 4 is 12.0 Å². The fourth-order valence-electron chi connectivity index (χ4n) is 0.940. The SMILES string of the molecule is C=CCN(O)C(=O)/C=C/c1cccnc1. The molecule has 15 heavy (non-hydrogen) atoms. The van der Waals surface area contributed by atoms with Crippen molar-refractivity contribution in [2.24, 2.45) is 0 Å². The first-order chi connectivity index (χ1) is 7.24. The molecule has 1 aromatic rings. The molecule has 0 saturated heterocycles. The van der Waals surface area contributed by atoms with E-state index in [4.69, 9.17) is 5.21 Å². The summed E-state index contributed by atoms with van der Waals surface area (Å²) in [6, 6.07) is 3.58. The molecule has 1 amide bonds. The van der Waals surface area contributed by atoms with E-state index in [1.165, 1.54) is 12.2 Å². The van der Waals surface area contributed by atoms with Gasteiger partial charge in [0.1, 0.15) is 0 Å². The quantitative estimate of drug-likeness (QED) is 0.350. The molecule has 1 rings (SSSR count). The lowest BCUT2D eigenvalue weighted by Gasteiger charge is -2.08. The van der Waals surface area contributed by atoms with E-state index in [2.05, 4.69) is 11.6 Å². The summed E-state index contributed by atoms with van der Waals surface area (Å²) >= 11 is 0. The number of pyridine rings is 1. The van der Waals surface area contributed by atoms with Crippen LogP contribution in [0.5, 0.6) is 0 Å². The number of carbonyl (C=O) groups is 1. The van der Waals surface area contributed by atoms with Crippen molar-refractivity contribution in [2.75, 3.05) is 6.54 Å². The molecule has 4 nitrogen and oxygen atoms in total. The Hall–Kier alpha value is -1.94. The molecule has 0 fully saturated rings. The number of carbonyl (C=O) groups excluding carboxylic acids is 1. The second-order valence-corrected chi connectivity index (χ2v) is 2.83. The summed E-state index contributed by atoms with van der Waals surface area (Å²) in [5, 5.41) is 9.72. The fourth-order valence-corrected chi connectivity index (χ4v) is 0.940. The van der Waals surface area contributed by atoms with Crippen LogP contribution in [-0.4, -0.2) is 27.7 Å². The third kappa shape index (κ3) is 3.74. The van der Waals surface area contributed by atoms with Crippen molar-refractivity contribution in [3.8, 4) is 0 Å². The molecule has 0 atom stereocenters. The Morgan fingerprint density at radius 3 is 3.07 bits per heavy atom. The van der Waals surface area contributed by atoms with Gasteiger partial charge in [-0.05, 0) is 17.7 Å². The third-order valence-corrected chi connectivity index (χ3v) is 1.66. The van der Waals surface area contributed by atoms with Crippen molar-refractivity contribution in [2.45, 2.75) is 0 Å². The van der Waals surface area contributed by atoms with Gasteiger partial charge in [0.2, 0.25) is 0 Å². The molecule has 0 saturated carbocycles. The zero-order chi connectivity index (χ0) is 11.1. The van der Waals surface area contributed by atoms with Gasteiger partial charge in [-0.2, -0.15) is 0 Å². The van der Waals surface area contributed by atoms with Gasteiger partial charge >= 0.3 is 0 Å². The van der Waals surface area contributed by atoms with E-state index in [0.29, 0.717) is 5.06 Å². The van der Waals surface area contributed by atoms with Crippen LogP contribution in [0.4, 0.5) is 0 Å². The summed E-state index contributed by atoms with van der Waals surface area (Å²) in [5.41, 5.74) is 0.804. The highest BCUT2D eigenvalue weighted by Gasteiger charge is 2.03. The van der Waals surface area contributed by atoms with E-state index < -0.39 is 5.91 Å². The summed E-state index contributed by atoms with van der Waals surface area (Å²) < 4.78 is 0. The van der Waals surface area contributed by atoms with E-state index in [1.54, 1.807) is 24.5 Å². The molecule has 78 valence electrons. The lowest BCUT2D eigenvalue weighted by molar-refractivity contribution is -0.156. The summed E-state index contributed by atoms with van der Waals surface area (Å²) in [7, 11) is 0. The highest BCUT2D eigenvalue weighted by Crippen LogP contribution is 1.99. The van der Waals surface area contributed by atoms with E-state index in [9.17, 15) is 4.79 Å². The predicted molar refractivity (Wildman–Crippen MR) is 57.0 cm³/mol. The van der Waals surface area contributed by atoms with Crippen LogP contribution in [0.15, 0.2) is 43.3 Å². The molecule has 0 aromatic carbocycles. The minimum Gasteiger partial charge on any atom is -0.285 e. The van der Waals surface area contributed by atoms with Crippen molar-refractivity contribution in [1.82, 2.24) is 10.0 Å². The monoisotopic (exact) mass is 204 g/mol. The molecule has 1 heterocycles. The van der Waals surface area contributed by atoms with Crippen molar-refractivity contribution < 1.29 is 10.0 Å². The van der Waals surface area contributed by atoms with Crippen LogP contribution in [0.25, 0.3) is 6.08 Å². The molecular weight excluding hydrogens is 192 g/mol. The molecule has 1 aromatic heterocycles. The van der Waals surface area contributed by atoms with E-state index in [-0.39, 0.29) is 6.54 Å². The van der Waals surface area contributed by atoms with Crippen molar-refractivity contribution in [1.29, 1.82) is 0 Å². The average molecular weight is 204 g/mol. The molecule has 0 unspecified atom stereocenters. The molecule has 0 aliphatic carbocycles. The first-order valence-electron chi connectivity index (χ1n) is 4.43. The summed E-state index contributed by atoms with van der Waals surface area (Å²) in [6.45, 7) is 3.52. The minimum absolute atomic E-state index is 0.107. The van der Waals surface area contributed by atoms with E-state index in [0.717, 1.165) is 5.56 Å². The van der Waals surface area contributed by atoms with E-state index >= 15 is 0 Å². The molecule has 0 aliphatic rings. The lowest BCUT2D eigenvalue weighted by Crippen LogP contribution is -2.25. The molecule has 0 radical (unpaired) electrons. The van der Waals surface area contributed by atoms with Gasteiger partial charge < -0.3 is 0 Å². The number of hydrogen-bond acceptors (Lipinski definition) is 3. The maximum absolute atomic E-state index is 11.2. The largest absolute Gasteiger partial charge is 0.285 e. The van der Waals surface area contributed by atoms with Gasteiger partial charge in [0.05, 0.1) is 6.54 Å². The lowest BCUT2D eigenvalue weighted by atomic mass is 10.2. The molecule has 4 heteroatoms. The van der Waals surface area contributed by atoms with Crippen LogP contribution in [0.3, 0.4) is 0 Å². The van der Waals surface area contributed by atoms with Crippen LogP contribution >= 0.6 is 0 Å². The minimum atomic E-state index is -0.487. The van der Waals surface area contributed by atoms with Gasteiger partial charge in [0.25, 0.3) is 5.91 Å². The Balaban J connectivity index is 2.58. The fraction of sp³-hybridized carbons (Fsp3) is 0.0909. The second-order valence-electron chi connectivity index (χ2n) is 2.83. The Morgan fingerprint density at radius 2 is 2.47 bits per heavy atom. The van der Waals surface area contributed by atoms with Crippen LogP contribution < -0.4 is 0 Å². The highest BCUT2D eigenvalue weighted by molar-refractivity contribution is 5.90. The Morgan fingerprint density at radius 1 is 1.67 bits per heavy atom. The second kappa shape index (κ2) is 5.72. The molecular formula is C11H12N2O2. The number of aromatic nitrogens is 1. The average Bonchev–Trinajstić information content (AvgIpc) is 2.27. The number of amides is 1. The van der Waals surface area contributed by atoms with Crippen molar-refractivity contribution in [3.63, 3.8) is 0 Å². The Labute approximate surface area is 88.1 Å². The maximum atomic E-state index is 11.2. The van der Waals surface area contributed by atoms with Gasteiger partial charge in [-0.15, -0.1) is 6.58 Å². The smallest absolute Gasteiger partial charge is 0.270 e. The van der Waals surface area contributed by atoms with Crippen molar-refractivity contribution in [3.05, 3.63) is 48.8 Å². The number of rotatable bonds is 4. The summed E-state index contributed by atoms with van der Waals surface area (Å²) in [4.78, 5) is 15.1. The first-order valence-corrected chi connectivity index (χ1v) is 4.43. The topological polar surface area (TPSA) is 53.4 Å². The number of nitrogens with zero attached hydrogens (tertiary/aromatic N) is 2. The van der Waals surface area contributed by atoms with Crippen LogP contribution in [0.1, 0.15) is 5.56 Å². The third-order valence-electron chi connectivity index (χ3n) is 1.66. The molecule has 0 spiro atoms. The maximum Gasteiger partial charge on any atom is 0.270 e. The Bertz CT molecular complexity index is 360. The number of hydroxylamine groups is 2. The van der Waals surface area contributed by atoms with Gasteiger partial charge in [-0.3, -0.25) is 15.0 Å². The molecule has 0 aliphatic heterocycles. The zero-order valence-corrected chi connectivity index (χ0v) is 8.21. The zero-order valence-electron chi connectivity index (χ0n) is 8.21. The van der Waals surface area contributed by atoms with Crippen LogP contribution in [0, 0.1) is 0 Å². The Kier molecular flexibility index (Phi) is 4.25.